The number of aromatic nitrogens is 2. The predicted molar refractivity (Wildman–Crippen MR) is 264 cm³/mol. The summed E-state index contributed by atoms with van der Waals surface area (Å²) in [6, 6.07) is -3.02. The first-order valence-electron chi connectivity index (χ1n) is 24.9. The van der Waals surface area contributed by atoms with Crippen LogP contribution >= 0.6 is 0 Å². The van der Waals surface area contributed by atoms with Crippen molar-refractivity contribution in [3.8, 4) is 0 Å². The third-order valence-electron chi connectivity index (χ3n) is 9.58. The van der Waals surface area contributed by atoms with E-state index in [2.05, 4.69) is 20.9 Å². The summed E-state index contributed by atoms with van der Waals surface area (Å²) in [4.78, 5) is 96.2. The highest BCUT2D eigenvalue weighted by molar-refractivity contribution is 5.87. The molecule has 1 aromatic rings. The topological polar surface area (TPSA) is 223 Å². The number of nitrogens with zero attached hydrogens (tertiary/aromatic N) is 3. The van der Waals surface area contributed by atoms with Crippen LogP contribution in [0.15, 0.2) is 12.4 Å². The van der Waals surface area contributed by atoms with E-state index in [9.17, 15) is 33.6 Å². The van der Waals surface area contributed by atoms with Gasteiger partial charge in [-0.3, -0.25) is 24.1 Å². The van der Waals surface area contributed by atoms with Gasteiger partial charge in [0.15, 0.2) is 0 Å². The zero-order valence-electron chi connectivity index (χ0n) is 45.0. The van der Waals surface area contributed by atoms with Gasteiger partial charge in [-0.2, -0.15) is 0 Å². The highest BCUT2D eigenvalue weighted by Gasteiger charge is 2.31. The zero-order valence-corrected chi connectivity index (χ0v) is 45.0. The molecule has 396 valence electrons. The van der Waals surface area contributed by atoms with E-state index in [1.54, 1.807) is 79.3 Å². The summed E-state index contributed by atoms with van der Waals surface area (Å²) in [6.07, 6.45) is 12.6. The van der Waals surface area contributed by atoms with Gasteiger partial charge in [0, 0.05) is 31.8 Å². The Bertz CT molecular complexity index is 1760. The molecular formula is C51H90N6O12. The molecule has 0 saturated heterocycles. The molecule has 0 bridgehead atoms. The third kappa shape index (κ3) is 33.4. The molecule has 2 unspecified atom stereocenters. The Hall–Kier alpha value is -4.74. The van der Waals surface area contributed by atoms with E-state index in [-0.39, 0.29) is 50.2 Å². The molecule has 0 aliphatic rings. The Balaban J connectivity index is 2.54. The van der Waals surface area contributed by atoms with E-state index < -0.39 is 64.0 Å². The highest BCUT2D eigenvalue weighted by atomic mass is 16.6. The SMILES string of the molecule is CC(C)(C)OC(=O)CCC(NC(=O)NC(CCCCNC(=O)CCCCCCCCCCN(CC(=O)OC(C)(C)C)Cc1nccn1CC(=O)OC(C)(C)C)C(=O)OC(C)(C)C)C(=O)OC(C)(C)C. The number of carbonyl (C=O) groups is 7. The van der Waals surface area contributed by atoms with Gasteiger partial charge in [-0.1, -0.05) is 38.5 Å². The lowest BCUT2D eigenvalue weighted by Gasteiger charge is -2.27. The van der Waals surface area contributed by atoms with Gasteiger partial charge in [-0.25, -0.2) is 19.4 Å². The lowest BCUT2D eigenvalue weighted by Crippen LogP contribution is -2.53. The number of unbranched alkanes of at least 4 members (excludes halogenated alkanes) is 8. The monoisotopic (exact) mass is 979 g/mol. The minimum Gasteiger partial charge on any atom is -0.460 e. The van der Waals surface area contributed by atoms with Crippen molar-refractivity contribution in [1.29, 1.82) is 0 Å². The van der Waals surface area contributed by atoms with Gasteiger partial charge in [0.2, 0.25) is 5.91 Å². The Morgan fingerprint density at radius 1 is 0.551 bits per heavy atom. The molecule has 18 heteroatoms. The molecule has 1 heterocycles. The average molecular weight is 979 g/mol. The molecule has 3 N–H and O–H groups in total. The van der Waals surface area contributed by atoms with E-state index in [1.165, 1.54) is 0 Å². The molecule has 3 amide bonds. The van der Waals surface area contributed by atoms with Crippen LogP contribution in [0.1, 0.15) is 200 Å². The van der Waals surface area contributed by atoms with Crippen molar-refractivity contribution < 1.29 is 57.2 Å². The van der Waals surface area contributed by atoms with Gasteiger partial charge < -0.3 is 44.2 Å². The van der Waals surface area contributed by atoms with Gasteiger partial charge in [0.1, 0.15) is 52.5 Å². The predicted octanol–water partition coefficient (Wildman–Crippen LogP) is 8.01. The molecule has 0 fully saturated rings. The van der Waals surface area contributed by atoms with Crippen LogP contribution in [0.4, 0.5) is 4.79 Å². The van der Waals surface area contributed by atoms with E-state index in [1.807, 2.05) is 46.4 Å². The second-order valence-electron chi connectivity index (χ2n) is 22.7. The zero-order chi connectivity index (χ0) is 52.6. The fourth-order valence-corrected chi connectivity index (χ4v) is 6.85. The lowest BCUT2D eigenvalue weighted by atomic mass is 10.1. The molecule has 1 rings (SSSR count). The molecule has 69 heavy (non-hydrogen) atoms. The van der Waals surface area contributed by atoms with Crippen molar-refractivity contribution in [2.45, 2.75) is 247 Å². The minimum atomic E-state index is -1.19. The van der Waals surface area contributed by atoms with Gasteiger partial charge in [-0.15, -0.1) is 0 Å². The maximum Gasteiger partial charge on any atom is 0.329 e. The van der Waals surface area contributed by atoms with Crippen LogP contribution in [-0.4, -0.2) is 116 Å². The molecule has 0 aliphatic heterocycles. The molecule has 0 spiro atoms. The standard InChI is InChI=1S/C51H90N6O12/c1-47(2,3)65-41(59)29-28-38(45(63)69-51(13,14)15)55-46(64)54-37(44(62)68-50(10,11)12)26-23-24-30-53-40(58)27-22-20-18-16-17-19-21-25-32-56(35-42(60)66-48(4,5)6)34-39-52-31-33-57(39)36-43(61)67-49(7,8)9/h31,33,37-38H,16-30,32,34-36H2,1-15H3,(H,53,58)(H2,54,55,64). The first-order valence-corrected chi connectivity index (χ1v) is 24.9. The lowest BCUT2D eigenvalue weighted by molar-refractivity contribution is -0.159. The second kappa shape index (κ2) is 29.4. The van der Waals surface area contributed by atoms with Crippen LogP contribution in [0, 0.1) is 0 Å². The molecule has 0 radical (unpaired) electrons. The van der Waals surface area contributed by atoms with E-state index in [4.69, 9.17) is 23.7 Å². The number of carbonyl (C=O) groups excluding carboxylic acids is 7. The van der Waals surface area contributed by atoms with Crippen molar-refractivity contribution in [1.82, 2.24) is 30.4 Å². The first-order chi connectivity index (χ1) is 31.7. The molecule has 18 nitrogen and oxygen atoms in total. The first kappa shape index (κ1) is 62.3. The van der Waals surface area contributed by atoms with Gasteiger partial charge in [0.25, 0.3) is 0 Å². The minimum absolute atomic E-state index is 0.0329. The number of urea groups is 1. The van der Waals surface area contributed by atoms with Crippen LogP contribution < -0.4 is 16.0 Å². The summed E-state index contributed by atoms with van der Waals surface area (Å²) in [6.45, 7) is 28.0. The van der Waals surface area contributed by atoms with E-state index in [0.29, 0.717) is 44.7 Å². The fourth-order valence-electron chi connectivity index (χ4n) is 6.85. The quantitative estimate of drug-likeness (QED) is 0.0393. The molecule has 1 aromatic heterocycles. The normalized spacial score (nSPS) is 13.2. The van der Waals surface area contributed by atoms with Gasteiger partial charge in [0.05, 0.1) is 13.1 Å². The highest BCUT2D eigenvalue weighted by Crippen LogP contribution is 2.17. The van der Waals surface area contributed by atoms with Crippen molar-refractivity contribution >= 4 is 41.8 Å². The fraction of sp³-hybridized carbons (Fsp3) is 0.804. The van der Waals surface area contributed by atoms with Gasteiger partial charge >= 0.3 is 35.9 Å². The maximum atomic E-state index is 13.2. The summed E-state index contributed by atoms with van der Waals surface area (Å²) >= 11 is 0. The van der Waals surface area contributed by atoms with Crippen molar-refractivity contribution in [3.05, 3.63) is 18.2 Å². The van der Waals surface area contributed by atoms with Crippen LogP contribution in [0.25, 0.3) is 0 Å². The van der Waals surface area contributed by atoms with Crippen LogP contribution in [-0.2, 0) is 65.5 Å². The third-order valence-corrected chi connectivity index (χ3v) is 9.58. The van der Waals surface area contributed by atoms with E-state index in [0.717, 1.165) is 51.4 Å². The van der Waals surface area contributed by atoms with E-state index >= 15 is 0 Å². The molecule has 0 aliphatic carbocycles. The maximum absolute atomic E-state index is 13.2. The van der Waals surface area contributed by atoms with Crippen molar-refractivity contribution in [3.63, 3.8) is 0 Å². The Morgan fingerprint density at radius 3 is 1.54 bits per heavy atom. The summed E-state index contributed by atoms with van der Waals surface area (Å²) < 4.78 is 29.3. The van der Waals surface area contributed by atoms with Gasteiger partial charge in [-0.05, 0) is 149 Å². The summed E-state index contributed by atoms with van der Waals surface area (Å²) in [7, 11) is 0. The van der Waals surface area contributed by atoms with Crippen molar-refractivity contribution in [2.75, 3.05) is 19.6 Å². The molecule has 0 aromatic carbocycles. The largest absolute Gasteiger partial charge is 0.460 e. The number of amides is 3. The number of esters is 5. The number of hydrogen-bond acceptors (Lipinski definition) is 14. The Kier molecular flexibility index (Phi) is 26.6. The Labute approximate surface area is 413 Å². The second-order valence-corrected chi connectivity index (χ2v) is 22.7. The molecule has 2 atom stereocenters. The summed E-state index contributed by atoms with van der Waals surface area (Å²) in [5.41, 5.74) is -3.58. The van der Waals surface area contributed by atoms with Crippen LogP contribution in [0.3, 0.4) is 0 Å². The van der Waals surface area contributed by atoms with Crippen LogP contribution in [0.2, 0.25) is 0 Å². The summed E-state index contributed by atoms with van der Waals surface area (Å²) in [5.74, 6) is -1.94. The molecule has 0 saturated carbocycles. The number of hydrogen-bond donors (Lipinski definition) is 3. The molecular weight excluding hydrogens is 889 g/mol. The summed E-state index contributed by atoms with van der Waals surface area (Å²) in [5, 5.41) is 8.16. The average Bonchev–Trinajstić information content (AvgIpc) is 3.58. The number of imidazole rings is 1. The number of rotatable bonds is 29. The van der Waals surface area contributed by atoms with Crippen LogP contribution in [0.5, 0.6) is 0 Å². The van der Waals surface area contributed by atoms with Crippen molar-refractivity contribution in [2.24, 2.45) is 0 Å². The number of nitrogens with one attached hydrogen (secondary N) is 3. The number of ether oxygens (including phenoxy) is 5. The smallest absolute Gasteiger partial charge is 0.329 e. The Morgan fingerprint density at radius 2 is 1.01 bits per heavy atom.